The number of rotatable bonds is 6. The van der Waals surface area contributed by atoms with Crippen LogP contribution in [0.4, 0.5) is 4.39 Å². The van der Waals surface area contributed by atoms with Crippen molar-refractivity contribution in [3.8, 4) is 0 Å². The maximum Gasteiger partial charge on any atom is 0.355 e. The maximum absolute atomic E-state index is 12.5. The van der Waals surface area contributed by atoms with Gasteiger partial charge in [-0.1, -0.05) is 0 Å². The molecule has 0 saturated carbocycles. The second-order valence-corrected chi connectivity index (χ2v) is 5.35. The van der Waals surface area contributed by atoms with Gasteiger partial charge >= 0.3 is 6.72 Å². The molecule has 0 aliphatic heterocycles. The Labute approximate surface area is 86.1 Å². The summed E-state index contributed by atoms with van der Waals surface area (Å²) in [6.07, 6.45) is -2.15. The molecule has 8 heteroatoms. The van der Waals surface area contributed by atoms with Gasteiger partial charge in [0.25, 0.3) is 0 Å². The lowest BCUT2D eigenvalue weighted by atomic mass is 10.5. The Morgan fingerprint density at radius 1 is 1.62 bits per heavy atom. The van der Waals surface area contributed by atoms with Crippen LogP contribution in [0, 0.1) is 0 Å². The molecule has 2 unspecified atom stereocenters. The molecular weight excluding hydrogens is 242 g/mol. The van der Waals surface area contributed by atoms with E-state index in [0.717, 1.165) is 0 Å². The van der Waals surface area contributed by atoms with Gasteiger partial charge in [-0.2, -0.15) is 0 Å². The molecule has 0 saturated heterocycles. The van der Waals surface area contributed by atoms with Crippen molar-refractivity contribution in [2.24, 2.45) is 0 Å². The summed E-state index contributed by atoms with van der Waals surface area (Å²) in [5, 5.41) is 0. The van der Waals surface area contributed by atoms with Gasteiger partial charge in [-0.05, 0) is 25.7 Å². The van der Waals surface area contributed by atoms with E-state index in [1.165, 1.54) is 0 Å². The first-order valence-electron chi connectivity index (χ1n) is 3.43. The Morgan fingerprint density at radius 2 is 2.15 bits per heavy atom. The van der Waals surface area contributed by atoms with Crippen molar-refractivity contribution < 1.29 is 23.4 Å². The van der Waals surface area contributed by atoms with Crippen molar-refractivity contribution in [1.29, 1.82) is 0 Å². The normalized spacial score (nSPS) is 18.6. The molecule has 0 rings (SSSR count). The SMILES string of the molecule is CC(C)OOP(O)(=S)OC(F)CCl. The molecule has 0 aromatic rings. The van der Waals surface area contributed by atoms with Gasteiger partial charge in [-0.15, -0.1) is 16.3 Å². The minimum Gasteiger partial charge on any atom is -0.323 e. The minimum absolute atomic E-state index is 0.299. The molecule has 0 heterocycles. The lowest BCUT2D eigenvalue weighted by molar-refractivity contribution is -0.246. The highest BCUT2D eigenvalue weighted by atomic mass is 35.5. The quantitative estimate of drug-likeness (QED) is 0.340. The molecule has 0 aliphatic rings. The van der Waals surface area contributed by atoms with Crippen LogP contribution >= 0.6 is 18.3 Å². The third-order valence-corrected chi connectivity index (χ3v) is 2.15. The fourth-order valence-electron chi connectivity index (χ4n) is 0.331. The summed E-state index contributed by atoms with van der Waals surface area (Å²) in [5.74, 6) is -0.427. The molecule has 0 fully saturated rings. The largest absolute Gasteiger partial charge is 0.355 e. The van der Waals surface area contributed by atoms with E-state index in [0.29, 0.717) is 0 Å². The van der Waals surface area contributed by atoms with Gasteiger partial charge in [0, 0.05) is 0 Å². The smallest absolute Gasteiger partial charge is 0.323 e. The summed E-state index contributed by atoms with van der Waals surface area (Å²) < 4.78 is 21.1. The lowest BCUT2D eigenvalue weighted by Gasteiger charge is -2.16. The van der Waals surface area contributed by atoms with E-state index in [4.69, 9.17) is 16.5 Å². The predicted molar refractivity (Wildman–Crippen MR) is 50.5 cm³/mol. The van der Waals surface area contributed by atoms with Crippen LogP contribution in [-0.2, 0) is 25.9 Å². The standard InChI is InChI=1S/C5H11ClFO4PS/c1-4(2)9-11-12(8,13)10-5(7)3-6/h4-5H,3H2,1-2H3,(H,8,13). The summed E-state index contributed by atoms with van der Waals surface area (Å²) >= 11 is 9.49. The van der Waals surface area contributed by atoms with E-state index in [1.54, 1.807) is 13.8 Å². The number of alkyl halides is 2. The van der Waals surface area contributed by atoms with E-state index in [-0.39, 0.29) is 6.10 Å². The topological polar surface area (TPSA) is 47.9 Å². The van der Waals surface area contributed by atoms with Crippen LogP contribution in [0.2, 0.25) is 0 Å². The van der Waals surface area contributed by atoms with Crippen molar-refractivity contribution >= 4 is 30.1 Å². The van der Waals surface area contributed by atoms with Crippen molar-refractivity contribution in [1.82, 2.24) is 0 Å². The van der Waals surface area contributed by atoms with Crippen molar-refractivity contribution in [3.63, 3.8) is 0 Å². The van der Waals surface area contributed by atoms with E-state index in [2.05, 4.69) is 25.9 Å². The molecule has 0 radical (unpaired) electrons. The first-order valence-corrected chi connectivity index (χ1v) is 6.56. The zero-order valence-electron chi connectivity index (χ0n) is 7.15. The zero-order chi connectivity index (χ0) is 10.5. The van der Waals surface area contributed by atoms with Crippen molar-refractivity contribution in [2.45, 2.75) is 26.3 Å². The van der Waals surface area contributed by atoms with Gasteiger partial charge in [0.15, 0.2) is 0 Å². The van der Waals surface area contributed by atoms with Gasteiger partial charge < -0.3 is 4.89 Å². The Bertz CT molecular complexity index is 193. The molecule has 4 nitrogen and oxygen atoms in total. The van der Waals surface area contributed by atoms with Crippen LogP contribution in [0.1, 0.15) is 13.8 Å². The molecule has 80 valence electrons. The van der Waals surface area contributed by atoms with Gasteiger partial charge in [-0.3, -0.25) is 4.52 Å². The average molecular weight is 253 g/mol. The molecular formula is C5H11ClFO4PS. The van der Waals surface area contributed by atoms with Crippen LogP contribution < -0.4 is 0 Å². The highest BCUT2D eigenvalue weighted by Crippen LogP contribution is 2.45. The summed E-state index contributed by atoms with van der Waals surface area (Å²) in [6, 6.07) is 0. The van der Waals surface area contributed by atoms with Gasteiger partial charge in [0.1, 0.15) is 0 Å². The Hall–Kier alpha value is 0.710. The van der Waals surface area contributed by atoms with Gasteiger partial charge in [0.2, 0.25) is 6.36 Å². The number of hydrogen-bond acceptors (Lipinski definition) is 4. The van der Waals surface area contributed by atoms with Crippen LogP contribution in [-0.4, -0.2) is 23.2 Å². The monoisotopic (exact) mass is 252 g/mol. The molecule has 0 aromatic heterocycles. The van der Waals surface area contributed by atoms with E-state index < -0.39 is 19.0 Å². The first-order chi connectivity index (χ1) is 5.87. The fourth-order valence-corrected chi connectivity index (χ4v) is 1.55. The Balaban J connectivity index is 3.87. The third-order valence-electron chi connectivity index (χ3n) is 0.699. The van der Waals surface area contributed by atoms with E-state index in [9.17, 15) is 4.39 Å². The average Bonchev–Trinajstić information content (AvgIpc) is 2.00. The molecule has 1 N–H and O–H groups in total. The van der Waals surface area contributed by atoms with Crippen LogP contribution in [0.5, 0.6) is 0 Å². The summed E-state index contributed by atoms with van der Waals surface area (Å²) in [6.45, 7) is -0.354. The number of halogens is 2. The molecule has 0 aliphatic carbocycles. The molecule has 0 amide bonds. The molecule has 0 aromatic carbocycles. The zero-order valence-corrected chi connectivity index (χ0v) is 9.61. The van der Waals surface area contributed by atoms with Crippen LogP contribution in [0.25, 0.3) is 0 Å². The fraction of sp³-hybridized carbons (Fsp3) is 1.00. The second-order valence-electron chi connectivity index (χ2n) is 2.36. The first kappa shape index (κ1) is 13.7. The second kappa shape index (κ2) is 6.24. The van der Waals surface area contributed by atoms with Crippen molar-refractivity contribution in [3.05, 3.63) is 0 Å². The van der Waals surface area contributed by atoms with Gasteiger partial charge in [0.05, 0.1) is 12.0 Å². The lowest BCUT2D eigenvalue weighted by Crippen LogP contribution is -2.09. The van der Waals surface area contributed by atoms with E-state index >= 15 is 0 Å². The molecule has 0 spiro atoms. The molecule has 2 atom stereocenters. The third kappa shape index (κ3) is 7.76. The van der Waals surface area contributed by atoms with E-state index in [1.807, 2.05) is 0 Å². The summed E-state index contributed by atoms with van der Waals surface area (Å²) in [7, 11) is 0. The number of hydrogen-bond donors (Lipinski definition) is 1. The summed E-state index contributed by atoms with van der Waals surface area (Å²) in [5.41, 5.74) is 0. The maximum atomic E-state index is 12.5. The van der Waals surface area contributed by atoms with Crippen LogP contribution in [0.3, 0.4) is 0 Å². The Kier molecular flexibility index (Phi) is 6.58. The highest BCUT2D eigenvalue weighted by molar-refractivity contribution is 8.07. The highest BCUT2D eigenvalue weighted by Gasteiger charge is 2.22. The summed E-state index contributed by atoms with van der Waals surface area (Å²) in [4.78, 5) is 13.6. The minimum atomic E-state index is -3.67. The van der Waals surface area contributed by atoms with Crippen LogP contribution in [0.15, 0.2) is 0 Å². The molecule has 13 heavy (non-hydrogen) atoms. The predicted octanol–water partition coefficient (Wildman–Crippen LogP) is 2.11. The van der Waals surface area contributed by atoms with Gasteiger partial charge in [-0.25, -0.2) is 9.28 Å². The van der Waals surface area contributed by atoms with Crippen molar-refractivity contribution in [2.75, 3.05) is 5.88 Å². The molecule has 0 bridgehead atoms. The Morgan fingerprint density at radius 3 is 2.54 bits per heavy atom.